The van der Waals surface area contributed by atoms with Gasteiger partial charge in [0.2, 0.25) is 0 Å². The molecule has 17 heteroatoms. The summed E-state index contributed by atoms with van der Waals surface area (Å²) in [7, 11) is 0. The summed E-state index contributed by atoms with van der Waals surface area (Å²) in [4.78, 5) is 27.6. The van der Waals surface area contributed by atoms with Crippen LogP contribution in [0, 0.1) is 34.6 Å². The molecular formula is C58H99BBrN8O4Y3-2. The number of rotatable bonds is 10. The quantitative estimate of drug-likeness (QED) is 0.0689. The number of anilines is 4. The van der Waals surface area contributed by atoms with Gasteiger partial charge in [-0.2, -0.15) is 0 Å². The Kier molecular flexibility index (Phi) is 55.5. The van der Waals surface area contributed by atoms with Crippen molar-refractivity contribution in [3.8, 4) is 0 Å². The van der Waals surface area contributed by atoms with Crippen LogP contribution in [0.2, 0.25) is 0 Å². The maximum absolute atomic E-state index is 10.7. The van der Waals surface area contributed by atoms with E-state index in [-0.39, 0.29) is 136 Å². The number of alkyl halides is 1. The Bertz CT molecular complexity index is 1880. The summed E-state index contributed by atoms with van der Waals surface area (Å²) in [6.07, 6.45) is 2.50. The largest absolute Gasteiger partial charge is 0.482 e. The number of nitrogens with zero attached hydrogens (tertiary/aromatic N) is 7. The molecule has 75 heavy (non-hydrogen) atoms. The number of aryl methyl sites for hydroxylation is 3. The van der Waals surface area contributed by atoms with E-state index in [1.807, 2.05) is 12.1 Å². The van der Waals surface area contributed by atoms with Crippen LogP contribution < -0.4 is 24.9 Å². The summed E-state index contributed by atoms with van der Waals surface area (Å²) in [6.45, 7) is 39.4. The van der Waals surface area contributed by atoms with E-state index in [0.29, 0.717) is 5.56 Å². The van der Waals surface area contributed by atoms with E-state index in [1.54, 1.807) is 12.1 Å². The summed E-state index contributed by atoms with van der Waals surface area (Å²) in [5.74, 6) is -0.876. The van der Waals surface area contributed by atoms with Crippen molar-refractivity contribution in [3.05, 3.63) is 133 Å². The van der Waals surface area contributed by atoms with Crippen molar-refractivity contribution in [2.45, 2.75) is 77.2 Å². The van der Waals surface area contributed by atoms with Crippen LogP contribution in [0.1, 0.15) is 83.4 Å². The van der Waals surface area contributed by atoms with Gasteiger partial charge >= 0.3 is 13.7 Å². The number of carboxylic acids is 1. The van der Waals surface area contributed by atoms with Crippen LogP contribution in [0.15, 0.2) is 97.1 Å². The number of nitrogens with one attached hydrogen (secondary N) is 1. The van der Waals surface area contributed by atoms with Gasteiger partial charge in [0, 0.05) is 231 Å². The minimum absolute atomic E-state index is 0. The summed E-state index contributed by atoms with van der Waals surface area (Å²) in [5.41, 5.74) is 9.52. The molecule has 0 atom stereocenters. The number of aromatic carboxylic acids is 1. The van der Waals surface area contributed by atoms with Gasteiger partial charge in [-0.05, 0) is 101 Å². The number of carbonyl (C=O) groups is 1. The second-order valence-corrected chi connectivity index (χ2v) is 18.2. The maximum atomic E-state index is 10.7. The Morgan fingerprint density at radius 3 is 0.987 bits per heavy atom. The Morgan fingerprint density at radius 2 is 0.747 bits per heavy atom. The molecule has 4 fully saturated rings. The molecule has 0 bridgehead atoms. The summed E-state index contributed by atoms with van der Waals surface area (Å²) < 4.78 is 0. The fourth-order valence-electron chi connectivity index (χ4n) is 8.01. The van der Waals surface area contributed by atoms with Gasteiger partial charge in [0.15, 0.2) is 0 Å². The van der Waals surface area contributed by atoms with Crippen molar-refractivity contribution < 1.29 is 118 Å². The van der Waals surface area contributed by atoms with Gasteiger partial charge < -0.3 is 63.7 Å². The number of halogens is 1. The van der Waals surface area contributed by atoms with E-state index >= 15 is 0 Å². The second-order valence-electron chi connectivity index (χ2n) is 17.4. The number of benzene rings is 4. The first-order valence-electron chi connectivity index (χ1n) is 24.6. The molecule has 416 valence electrons. The molecule has 0 aliphatic carbocycles. The van der Waals surface area contributed by atoms with Crippen LogP contribution in [-0.4, -0.2) is 173 Å². The number of piperazine rings is 4. The van der Waals surface area contributed by atoms with Crippen LogP contribution in [0.4, 0.5) is 22.7 Å². The van der Waals surface area contributed by atoms with Crippen LogP contribution in [-0.2, 0) is 98.1 Å². The predicted octanol–water partition coefficient (Wildman–Crippen LogP) is 10.1. The average molecular weight is 1330 g/mol. The van der Waals surface area contributed by atoms with Crippen molar-refractivity contribution >= 4 is 52.3 Å². The fourth-order valence-corrected chi connectivity index (χ4v) is 8.01. The standard InChI is InChI=1S/C14H22N2.C13H17N2O2.C13H19N2.C11H16N2.C3H7Br.4CH4.BH2O2.3Y/c1-3-8-15-9-11-16(12-10-15)14-6-4-13(2)5-7-14;1-2-14-7-9-15(10-8-14)12-5-3-11(4-6-12)13(16)17;1-3-14-8-10-15(11-9-14)13-6-4-12(2)5-7-13;1-10-2-4-11(5-3-10)13-8-6-12-7-9-13;1-2-3-4;;;;;2-1-3;;;/h4-7H,3,8-12H2,1-2H3;3-6H,1-2,7-10H2,(H,16,17);4-7H,1,3,8-11H2,2H3;2-5,12H,6-9H2,1H3;2-3H2,1H3;4*1H4;2-3H;;;/q;2*-1;;;;;;;;;;. The smallest absolute Gasteiger partial charge is 0.478 e. The first kappa shape index (κ1) is 83.0. The molecule has 4 heterocycles. The van der Waals surface area contributed by atoms with Gasteiger partial charge in [0.1, 0.15) is 0 Å². The van der Waals surface area contributed by atoms with E-state index in [2.05, 4.69) is 177 Å². The molecular weight excluding hydrogens is 1230 g/mol. The molecule has 8 rings (SSSR count). The Balaban J connectivity index is -0.000000271. The van der Waals surface area contributed by atoms with E-state index in [4.69, 9.17) is 15.2 Å². The van der Waals surface area contributed by atoms with Gasteiger partial charge in [-0.1, -0.05) is 113 Å². The van der Waals surface area contributed by atoms with Crippen LogP contribution in [0.3, 0.4) is 0 Å². The van der Waals surface area contributed by atoms with E-state index in [0.717, 1.165) is 103 Å². The van der Waals surface area contributed by atoms with Gasteiger partial charge in [0.05, 0.1) is 5.56 Å². The third-order valence-corrected chi connectivity index (χ3v) is 13.1. The van der Waals surface area contributed by atoms with Crippen molar-refractivity contribution in [3.63, 3.8) is 0 Å². The first-order chi connectivity index (χ1) is 33.0. The molecule has 4 N–H and O–H groups in total. The molecule has 0 spiro atoms. The Morgan fingerprint density at radius 1 is 0.493 bits per heavy atom. The van der Waals surface area contributed by atoms with E-state index in [1.165, 1.54) is 79.3 Å². The fraction of sp³-hybridized carbons (Fsp3) is 0.534. The average Bonchev–Trinajstić information content (AvgIpc) is 3.39. The normalized spacial score (nSPS) is 14.9. The minimum atomic E-state index is -0.876. The zero-order chi connectivity index (χ0) is 49.5. The van der Waals surface area contributed by atoms with Crippen LogP contribution >= 0.6 is 15.9 Å². The molecule has 0 saturated carbocycles. The molecule has 4 aliphatic rings. The van der Waals surface area contributed by atoms with Gasteiger partial charge in [-0.15, -0.1) is 13.1 Å². The third kappa shape index (κ3) is 33.5. The van der Waals surface area contributed by atoms with Crippen LogP contribution in [0.25, 0.3) is 0 Å². The van der Waals surface area contributed by atoms with E-state index in [9.17, 15) is 4.79 Å². The molecule has 4 aromatic carbocycles. The number of carboxylic acid groups (broad SMARTS) is 1. The molecule has 4 saturated heterocycles. The molecule has 0 unspecified atom stereocenters. The molecule has 4 aromatic rings. The minimum Gasteiger partial charge on any atom is -0.478 e. The molecule has 12 nitrogen and oxygen atoms in total. The van der Waals surface area contributed by atoms with Crippen molar-refractivity contribution in [2.75, 3.05) is 149 Å². The second kappa shape index (κ2) is 50.2. The Labute approximate surface area is 544 Å². The monoisotopic (exact) mass is 1330 g/mol. The SMILES string of the molecule is C.C.C.C.CCCBr.CCCN1CCN(c2ccc(C)cc2)CC1.Cc1ccc(N2CCNCC2)cc1.O[B]O.[CH2-]CN1CCN(c2ccc(C(=O)O)cc2)CC1.[CH2-]CN1CCN(c2ccc(C)cc2)CC1.[Y].[Y].[Y]. The van der Waals surface area contributed by atoms with Gasteiger partial charge in [-0.25, -0.2) is 4.79 Å². The van der Waals surface area contributed by atoms with Gasteiger partial charge in [0.25, 0.3) is 0 Å². The zero-order valence-electron chi connectivity index (χ0n) is 43.8. The molecule has 4 radical (unpaired) electrons. The predicted molar refractivity (Wildman–Crippen MR) is 320 cm³/mol. The molecule has 0 amide bonds. The van der Waals surface area contributed by atoms with Crippen molar-refractivity contribution in [1.29, 1.82) is 0 Å². The summed E-state index contributed by atoms with van der Waals surface area (Å²) in [5, 5.41) is 27.3. The van der Waals surface area contributed by atoms with Gasteiger partial charge in [-0.3, -0.25) is 4.90 Å². The van der Waals surface area contributed by atoms with Crippen molar-refractivity contribution in [1.82, 2.24) is 20.0 Å². The topological polar surface area (TPSA) is 112 Å². The first-order valence-corrected chi connectivity index (χ1v) is 25.8. The summed E-state index contributed by atoms with van der Waals surface area (Å²) in [6, 6.07) is 33.5. The zero-order valence-corrected chi connectivity index (χ0v) is 53.9. The summed E-state index contributed by atoms with van der Waals surface area (Å²) >= 11 is 3.25. The number of hydrogen-bond donors (Lipinski definition) is 4. The molecule has 0 aromatic heterocycles. The third-order valence-electron chi connectivity index (χ3n) is 12.3. The number of hydrogen-bond acceptors (Lipinski definition) is 11. The Hall–Kier alpha value is -0.833. The van der Waals surface area contributed by atoms with Crippen molar-refractivity contribution in [2.24, 2.45) is 0 Å². The molecule has 4 aliphatic heterocycles. The van der Waals surface area contributed by atoms with Crippen LogP contribution in [0.5, 0.6) is 0 Å². The van der Waals surface area contributed by atoms with E-state index < -0.39 is 5.97 Å². The maximum Gasteiger partial charge on any atom is 0.482 e.